The molecule has 1 aromatic carbocycles. The summed E-state index contributed by atoms with van der Waals surface area (Å²) in [5, 5.41) is 7.29. The summed E-state index contributed by atoms with van der Waals surface area (Å²) < 4.78 is 0. The van der Waals surface area contributed by atoms with Crippen molar-refractivity contribution in [3.05, 3.63) is 52.3 Å². The van der Waals surface area contributed by atoms with Crippen LogP contribution >= 0.6 is 11.6 Å². The number of urea groups is 1. The number of hydrogen-bond donors (Lipinski definition) is 2. The molecule has 0 bridgehead atoms. The van der Waals surface area contributed by atoms with Crippen molar-refractivity contribution >= 4 is 23.5 Å². The van der Waals surface area contributed by atoms with Gasteiger partial charge < -0.3 is 10.2 Å². The van der Waals surface area contributed by atoms with Gasteiger partial charge in [0.2, 0.25) is 0 Å². The molecule has 7 nitrogen and oxygen atoms in total. The number of carbonyl (C=O) groups excluding carboxylic acids is 2. The Balaban J connectivity index is 1.74. The number of halogens is 1. The fourth-order valence-corrected chi connectivity index (χ4v) is 2.68. The monoisotopic (exact) mass is 333 g/mol. The highest BCUT2D eigenvalue weighted by atomic mass is 35.5. The van der Waals surface area contributed by atoms with Gasteiger partial charge in [-0.05, 0) is 19.1 Å². The number of carbonyl (C=O) groups is 2. The van der Waals surface area contributed by atoms with E-state index in [-0.39, 0.29) is 11.9 Å². The van der Waals surface area contributed by atoms with Crippen LogP contribution < -0.4 is 10.7 Å². The Labute approximate surface area is 138 Å². The van der Waals surface area contributed by atoms with Crippen molar-refractivity contribution in [3.8, 4) is 0 Å². The molecule has 120 valence electrons. The quantitative estimate of drug-likeness (QED) is 0.901. The van der Waals surface area contributed by atoms with Crippen molar-refractivity contribution in [2.75, 3.05) is 12.0 Å². The first kappa shape index (κ1) is 15.4. The van der Waals surface area contributed by atoms with E-state index in [9.17, 15) is 9.59 Å². The SMILES string of the molecule is CCNC(=O)N1Cc2cnn(NC(=O)c3ccccc3Cl)c2C1. The van der Waals surface area contributed by atoms with E-state index in [1.165, 1.54) is 4.79 Å². The molecule has 0 aliphatic carbocycles. The Morgan fingerprint density at radius 1 is 1.30 bits per heavy atom. The van der Waals surface area contributed by atoms with Crippen LogP contribution in [0, 0.1) is 0 Å². The van der Waals surface area contributed by atoms with Crippen LogP contribution in [0.25, 0.3) is 0 Å². The first-order valence-electron chi connectivity index (χ1n) is 7.24. The molecule has 23 heavy (non-hydrogen) atoms. The smallest absolute Gasteiger partial charge is 0.318 e. The number of benzene rings is 1. The molecular formula is C15H16ClN5O2. The fourth-order valence-electron chi connectivity index (χ4n) is 2.46. The maximum Gasteiger partial charge on any atom is 0.318 e. The van der Waals surface area contributed by atoms with Gasteiger partial charge in [-0.2, -0.15) is 9.89 Å². The molecule has 0 fully saturated rings. The number of aromatic nitrogens is 2. The second-order valence-corrected chi connectivity index (χ2v) is 5.55. The topological polar surface area (TPSA) is 79.3 Å². The molecule has 0 atom stereocenters. The lowest BCUT2D eigenvalue weighted by atomic mass is 10.2. The lowest BCUT2D eigenvalue weighted by Gasteiger charge is -2.16. The van der Waals surface area contributed by atoms with Gasteiger partial charge in [0.1, 0.15) is 0 Å². The van der Waals surface area contributed by atoms with Crippen molar-refractivity contribution in [2.45, 2.75) is 20.0 Å². The zero-order valence-electron chi connectivity index (χ0n) is 12.5. The van der Waals surface area contributed by atoms with E-state index >= 15 is 0 Å². The van der Waals surface area contributed by atoms with Crippen molar-refractivity contribution in [1.29, 1.82) is 0 Å². The number of fused-ring (bicyclic) bond motifs is 1. The van der Waals surface area contributed by atoms with Crippen LogP contribution in [0.3, 0.4) is 0 Å². The minimum absolute atomic E-state index is 0.132. The van der Waals surface area contributed by atoms with E-state index in [0.29, 0.717) is 30.2 Å². The highest BCUT2D eigenvalue weighted by molar-refractivity contribution is 6.34. The Kier molecular flexibility index (Phi) is 4.20. The van der Waals surface area contributed by atoms with Crippen molar-refractivity contribution in [2.24, 2.45) is 0 Å². The van der Waals surface area contributed by atoms with Crippen molar-refractivity contribution < 1.29 is 9.59 Å². The Morgan fingerprint density at radius 3 is 2.83 bits per heavy atom. The van der Waals surface area contributed by atoms with Crippen molar-refractivity contribution in [3.63, 3.8) is 0 Å². The van der Waals surface area contributed by atoms with Gasteiger partial charge in [0.05, 0.1) is 35.6 Å². The van der Waals surface area contributed by atoms with Crippen LogP contribution in [-0.2, 0) is 13.1 Å². The van der Waals surface area contributed by atoms with Gasteiger partial charge in [-0.15, -0.1) is 0 Å². The van der Waals surface area contributed by atoms with Crippen LogP contribution in [0.1, 0.15) is 28.5 Å². The number of nitrogens with one attached hydrogen (secondary N) is 2. The molecule has 2 aromatic rings. The van der Waals surface area contributed by atoms with Gasteiger partial charge in [0, 0.05) is 12.1 Å². The molecule has 8 heteroatoms. The van der Waals surface area contributed by atoms with Gasteiger partial charge >= 0.3 is 6.03 Å². The number of rotatable bonds is 3. The molecule has 0 saturated heterocycles. The fraction of sp³-hybridized carbons (Fsp3) is 0.267. The molecule has 0 saturated carbocycles. The molecule has 0 spiro atoms. The van der Waals surface area contributed by atoms with Gasteiger partial charge in [0.25, 0.3) is 5.91 Å². The minimum atomic E-state index is -0.349. The van der Waals surface area contributed by atoms with Crippen LogP contribution in [0.4, 0.5) is 4.79 Å². The highest BCUT2D eigenvalue weighted by Gasteiger charge is 2.27. The van der Waals surface area contributed by atoms with E-state index in [2.05, 4.69) is 15.8 Å². The van der Waals surface area contributed by atoms with Gasteiger partial charge in [0.15, 0.2) is 0 Å². The number of hydrogen-bond acceptors (Lipinski definition) is 3. The average molecular weight is 334 g/mol. The summed E-state index contributed by atoms with van der Waals surface area (Å²) >= 11 is 6.02. The van der Waals surface area contributed by atoms with Crippen LogP contribution in [0.15, 0.2) is 30.5 Å². The summed E-state index contributed by atoms with van der Waals surface area (Å²) in [7, 11) is 0. The first-order chi connectivity index (χ1) is 11.1. The normalized spacial score (nSPS) is 12.9. The maximum absolute atomic E-state index is 12.3. The van der Waals surface area contributed by atoms with Gasteiger partial charge in [-0.3, -0.25) is 4.79 Å². The third kappa shape index (κ3) is 3.00. The Bertz CT molecular complexity index is 758. The predicted molar refractivity (Wildman–Crippen MR) is 85.7 cm³/mol. The number of nitrogens with zero attached hydrogens (tertiary/aromatic N) is 3. The van der Waals surface area contributed by atoms with Crippen LogP contribution in [-0.4, -0.2) is 33.3 Å². The van der Waals surface area contributed by atoms with Crippen LogP contribution in [0.5, 0.6) is 0 Å². The number of amides is 3. The van der Waals surface area contributed by atoms with Gasteiger partial charge in [-0.1, -0.05) is 23.7 Å². The maximum atomic E-state index is 12.3. The molecule has 0 radical (unpaired) electrons. The minimum Gasteiger partial charge on any atom is -0.338 e. The average Bonchev–Trinajstić information content (AvgIpc) is 3.10. The molecule has 2 heterocycles. The molecule has 2 N–H and O–H groups in total. The zero-order chi connectivity index (χ0) is 16.4. The van der Waals surface area contributed by atoms with Crippen molar-refractivity contribution in [1.82, 2.24) is 20.1 Å². The summed E-state index contributed by atoms with van der Waals surface area (Å²) in [5.74, 6) is -0.349. The summed E-state index contributed by atoms with van der Waals surface area (Å²) in [6, 6.07) is 6.66. The van der Waals surface area contributed by atoms with Gasteiger partial charge in [-0.25, -0.2) is 10.2 Å². The zero-order valence-corrected chi connectivity index (χ0v) is 13.3. The van der Waals surface area contributed by atoms with E-state index < -0.39 is 0 Å². The standard InChI is InChI=1S/C15H16ClN5O2/c1-2-17-15(23)20-8-10-7-18-21(13(10)9-20)19-14(22)11-5-3-4-6-12(11)16/h3-7H,2,8-9H2,1H3,(H,17,23)(H,19,22). The summed E-state index contributed by atoms with van der Waals surface area (Å²) in [6.07, 6.45) is 1.65. The molecular weight excluding hydrogens is 318 g/mol. The first-order valence-corrected chi connectivity index (χ1v) is 7.62. The molecule has 1 aromatic heterocycles. The molecule has 3 amide bonds. The van der Waals surface area contributed by atoms with E-state index in [1.807, 2.05) is 6.92 Å². The summed E-state index contributed by atoms with van der Waals surface area (Å²) in [4.78, 5) is 27.3. The third-order valence-electron chi connectivity index (χ3n) is 3.60. The predicted octanol–water partition coefficient (Wildman–Crippen LogP) is 1.97. The summed E-state index contributed by atoms with van der Waals surface area (Å²) in [5.41, 5.74) is 4.77. The van der Waals surface area contributed by atoms with E-state index in [4.69, 9.17) is 11.6 Å². The second-order valence-electron chi connectivity index (χ2n) is 5.14. The third-order valence-corrected chi connectivity index (χ3v) is 3.93. The lowest BCUT2D eigenvalue weighted by molar-refractivity contribution is 0.100. The Morgan fingerprint density at radius 2 is 2.09 bits per heavy atom. The highest BCUT2D eigenvalue weighted by Crippen LogP contribution is 2.22. The van der Waals surface area contributed by atoms with E-state index in [0.717, 1.165) is 11.3 Å². The Hall–Kier alpha value is -2.54. The molecule has 1 aliphatic rings. The van der Waals surface area contributed by atoms with Crippen LogP contribution in [0.2, 0.25) is 5.02 Å². The largest absolute Gasteiger partial charge is 0.338 e. The molecule has 1 aliphatic heterocycles. The molecule has 3 rings (SSSR count). The molecule has 0 unspecified atom stereocenters. The van der Waals surface area contributed by atoms with E-state index in [1.54, 1.807) is 35.4 Å². The second kappa shape index (κ2) is 6.29. The summed E-state index contributed by atoms with van der Waals surface area (Å²) in [6.45, 7) is 3.31. The lowest BCUT2D eigenvalue weighted by Crippen LogP contribution is -2.37.